The number of methoxy groups -OCH3 is 1. The van der Waals surface area contributed by atoms with Gasteiger partial charge in [0, 0.05) is 24.3 Å². The highest BCUT2D eigenvalue weighted by Crippen LogP contribution is 2.15. The summed E-state index contributed by atoms with van der Waals surface area (Å²) in [4.78, 5) is 14.3. The highest BCUT2D eigenvalue weighted by Gasteiger charge is 2.14. The minimum atomic E-state index is 0.00770. The molecule has 0 atom stereocenters. The fourth-order valence-corrected chi connectivity index (χ4v) is 2.09. The minimum absolute atomic E-state index is 0.00770. The van der Waals surface area contributed by atoms with Gasteiger partial charge in [0.2, 0.25) is 0 Å². The van der Waals surface area contributed by atoms with Gasteiger partial charge in [-0.2, -0.15) is 0 Å². The van der Waals surface area contributed by atoms with E-state index in [4.69, 9.17) is 10.5 Å². The average molecular weight is 284 g/mol. The Morgan fingerprint density at radius 2 is 1.71 bits per heavy atom. The van der Waals surface area contributed by atoms with E-state index < -0.39 is 0 Å². The molecule has 0 spiro atoms. The lowest BCUT2D eigenvalue weighted by atomic mass is 10.1. The summed E-state index contributed by atoms with van der Waals surface area (Å²) >= 11 is 0. The molecule has 0 saturated heterocycles. The van der Waals surface area contributed by atoms with Gasteiger partial charge in [0.15, 0.2) is 0 Å². The van der Waals surface area contributed by atoms with Gasteiger partial charge in [0.1, 0.15) is 5.75 Å². The van der Waals surface area contributed by atoms with Crippen LogP contribution < -0.4 is 10.5 Å². The Hall–Kier alpha value is -2.49. The van der Waals surface area contributed by atoms with Gasteiger partial charge < -0.3 is 15.4 Å². The van der Waals surface area contributed by atoms with Crippen LogP contribution in [-0.4, -0.2) is 24.5 Å². The van der Waals surface area contributed by atoms with E-state index in [1.807, 2.05) is 31.2 Å². The molecule has 0 heterocycles. The van der Waals surface area contributed by atoms with Crippen molar-refractivity contribution in [2.24, 2.45) is 0 Å². The first kappa shape index (κ1) is 14.9. The summed E-state index contributed by atoms with van der Waals surface area (Å²) < 4.78 is 5.14. The van der Waals surface area contributed by atoms with Crippen LogP contribution in [0.25, 0.3) is 0 Å². The first-order chi connectivity index (χ1) is 10.1. The van der Waals surface area contributed by atoms with E-state index in [0.717, 1.165) is 11.3 Å². The second-order valence-electron chi connectivity index (χ2n) is 4.79. The molecule has 4 heteroatoms. The van der Waals surface area contributed by atoms with E-state index in [0.29, 0.717) is 24.3 Å². The topological polar surface area (TPSA) is 55.6 Å². The number of nitrogen functional groups attached to an aromatic ring is 1. The molecule has 0 saturated carbocycles. The zero-order valence-corrected chi connectivity index (χ0v) is 12.4. The van der Waals surface area contributed by atoms with Crippen LogP contribution in [0.5, 0.6) is 5.75 Å². The first-order valence-electron chi connectivity index (χ1n) is 6.91. The molecule has 2 aromatic carbocycles. The Kier molecular flexibility index (Phi) is 4.82. The molecule has 0 aliphatic rings. The molecule has 2 aromatic rings. The number of hydrogen-bond acceptors (Lipinski definition) is 3. The van der Waals surface area contributed by atoms with E-state index in [2.05, 4.69) is 0 Å². The Morgan fingerprint density at radius 1 is 1.10 bits per heavy atom. The molecule has 0 bridgehead atoms. The third kappa shape index (κ3) is 3.75. The summed E-state index contributed by atoms with van der Waals surface area (Å²) in [7, 11) is 1.64. The maximum Gasteiger partial charge on any atom is 0.254 e. The van der Waals surface area contributed by atoms with Gasteiger partial charge in [-0.25, -0.2) is 0 Å². The third-order valence-corrected chi connectivity index (χ3v) is 3.36. The predicted octanol–water partition coefficient (Wildman–Crippen LogP) is 2.94. The van der Waals surface area contributed by atoms with E-state index in [9.17, 15) is 4.79 Å². The Morgan fingerprint density at radius 3 is 2.24 bits per heavy atom. The van der Waals surface area contributed by atoms with Gasteiger partial charge in [0.25, 0.3) is 5.91 Å². The molecule has 21 heavy (non-hydrogen) atoms. The fourth-order valence-electron chi connectivity index (χ4n) is 2.09. The van der Waals surface area contributed by atoms with Crippen molar-refractivity contribution in [1.82, 2.24) is 4.90 Å². The number of hydrogen-bond donors (Lipinski definition) is 1. The molecule has 0 fully saturated rings. The highest BCUT2D eigenvalue weighted by molar-refractivity contribution is 5.94. The van der Waals surface area contributed by atoms with E-state index in [1.54, 1.807) is 36.3 Å². The fraction of sp³-hybridized carbons (Fsp3) is 0.235. The van der Waals surface area contributed by atoms with Gasteiger partial charge in [-0.1, -0.05) is 12.1 Å². The van der Waals surface area contributed by atoms with Gasteiger partial charge in [0.05, 0.1) is 7.11 Å². The first-order valence-corrected chi connectivity index (χ1v) is 6.91. The largest absolute Gasteiger partial charge is 0.497 e. The normalized spacial score (nSPS) is 10.2. The molecule has 0 radical (unpaired) electrons. The number of nitrogens with zero attached hydrogens (tertiary/aromatic N) is 1. The average Bonchev–Trinajstić information content (AvgIpc) is 2.53. The van der Waals surface area contributed by atoms with E-state index in [-0.39, 0.29) is 5.91 Å². The quantitative estimate of drug-likeness (QED) is 0.859. The second kappa shape index (κ2) is 6.79. The molecule has 4 nitrogen and oxygen atoms in total. The number of ether oxygens (including phenoxy) is 1. The van der Waals surface area contributed by atoms with Gasteiger partial charge in [-0.15, -0.1) is 0 Å². The molecule has 1 amide bonds. The van der Waals surface area contributed by atoms with Crippen LogP contribution in [0.3, 0.4) is 0 Å². The molecule has 2 rings (SSSR count). The SMILES string of the molecule is CCN(Cc1ccc(OC)cc1)C(=O)c1ccc(N)cc1. The molecular formula is C17H20N2O2. The lowest BCUT2D eigenvalue weighted by Gasteiger charge is -2.21. The number of rotatable bonds is 5. The molecule has 0 aromatic heterocycles. The van der Waals surface area contributed by atoms with Crippen LogP contribution in [0.1, 0.15) is 22.8 Å². The zero-order chi connectivity index (χ0) is 15.2. The van der Waals surface area contributed by atoms with Crippen molar-refractivity contribution >= 4 is 11.6 Å². The van der Waals surface area contributed by atoms with E-state index in [1.165, 1.54) is 0 Å². The van der Waals surface area contributed by atoms with Gasteiger partial charge in [-0.3, -0.25) is 4.79 Å². The summed E-state index contributed by atoms with van der Waals surface area (Å²) in [5.74, 6) is 0.819. The maximum absolute atomic E-state index is 12.5. The summed E-state index contributed by atoms with van der Waals surface area (Å²) in [5, 5.41) is 0. The number of anilines is 1. The lowest BCUT2D eigenvalue weighted by molar-refractivity contribution is 0.0752. The maximum atomic E-state index is 12.5. The van der Waals surface area contributed by atoms with Crippen LogP contribution in [-0.2, 0) is 6.54 Å². The van der Waals surface area contributed by atoms with Crippen LogP contribution in [0.15, 0.2) is 48.5 Å². The standard InChI is InChI=1S/C17H20N2O2/c1-3-19(12-13-4-10-16(21-2)11-5-13)17(20)14-6-8-15(18)9-7-14/h4-11H,3,12,18H2,1-2H3. The molecule has 0 aliphatic carbocycles. The van der Waals surface area contributed by atoms with Crippen molar-refractivity contribution in [2.45, 2.75) is 13.5 Å². The monoisotopic (exact) mass is 284 g/mol. The molecule has 0 unspecified atom stereocenters. The lowest BCUT2D eigenvalue weighted by Crippen LogP contribution is -2.30. The third-order valence-electron chi connectivity index (χ3n) is 3.36. The molecule has 0 aliphatic heterocycles. The number of nitrogens with two attached hydrogens (primary N) is 1. The molecule has 110 valence electrons. The number of carbonyl (C=O) groups excluding carboxylic acids is 1. The zero-order valence-electron chi connectivity index (χ0n) is 12.4. The Balaban J connectivity index is 2.11. The summed E-state index contributed by atoms with van der Waals surface area (Å²) in [5.41, 5.74) is 8.03. The highest BCUT2D eigenvalue weighted by atomic mass is 16.5. The van der Waals surface area contributed by atoms with Crippen molar-refractivity contribution in [3.63, 3.8) is 0 Å². The van der Waals surface area contributed by atoms with Crippen molar-refractivity contribution < 1.29 is 9.53 Å². The van der Waals surface area contributed by atoms with Crippen LogP contribution >= 0.6 is 0 Å². The smallest absolute Gasteiger partial charge is 0.254 e. The van der Waals surface area contributed by atoms with Gasteiger partial charge in [-0.05, 0) is 48.9 Å². The summed E-state index contributed by atoms with van der Waals surface area (Å²) in [6.07, 6.45) is 0. The van der Waals surface area contributed by atoms with E-state index >= 15 is 0 Å². The van der Waals surface area contributed by atoms with Crippen molar-refractivity contribution in [3.05, 3.63) is 59.7 Å². The van der Waals surface area contributed by atoms with Gasteiger partial charge >= 0.3 is 0 Å². The molecule has 2 N–H and O–H groups in total. The Bertz CT molecular complexity index is 591. The Labute approximate surface area is 125 Å². The summed E-state index contributed by atoms with van der Waals surface area (Å²) in [6.45, 7) is 3.19. The van der Waals surface area contributed by atoms with Crippen molar-refractivity contribution in [1.29, 1.82) is 0 Å². The molecular weight excluding hydrogens is 264 g/mol. The minimum Gasteiger partial charge on any atom is -0.497 e. The van der Waals surface area contributed by atoms with Crippen LogP contribution in [0.4, 0.5) is 5.69 Å². The number of amides is 1. The van der Waals surface area contributed by atoms with Crippen molar-refractivity contribution in [2.75, 3.05) is 19.4 Å². The van der Waals surface area contributed by atoms with Crippen molar-refractivity contribution in [3.8, 4) is 5.75 Å². The number of benzene rings is 2. The predicted molar refractivity (Wildman–Crippen MR) is 84.3 cm³/mol. The summed E-state index contributed by atoms with van der Waals surface area (Å²) in [6, 6.07) is 14.7. The number of carbonyl (C=O) groups is 1. The second-order valence-corrected chi connectivity index (χ2v) is 4.79. The van der Waals surface area contributed by atoms with Crippen LogP contribution in [0, 0.1) is 0 Å². The van der Waals surface area contributed by atoms with Crippen LogP contribution in [0.2, 0.25) is 0 Å².